The molecule has 2 aliphatic heterocycles. The summed E-state index contributed by atoms with van der Waals surface area (Å²) in [6.07, 6.45) is 1.44. The second-order valence-electron chi connectivity index (χ2n) is 6.22. The van der Waals surface area contributed by atoms with Crippen molar-refractivity contribution in [3.8, 4) is 5.75 Å². The number of nitrogens with zero attached hydrogens (tertiary/aromatic N) is 4. The SMILES string of the molecule is Nc1nc(/C(=N/Oc2ccc(F)cc2)C(=O)NC2C(=O)N3C(C(=O)O)=CCS[C@H]23)ns1. The Kier molecular flexibility index (Phi) is 5.56. The van der Waals surface area contributed by atoms with Crippen LogP contribution >= 0.6 is 23.3 Å². The summed E-state index contributed by atoms with van der Waals surface area (Å²) in [6, 6.07) is 3.96. The predicted molar refractivity (Wildman–Crippen MR) is 109 cm³/mol. The summed E-state index contributed by atoms with van der Waals surface area (Å²) >= 11 is 2.14. The molecule has 2 atom stereocenters. The standard InChI is InChI=1S/C17H13FN6O5S2/c18-7-1-3-8(4-2-7)29-22-10(12-21-17(19)31-23-12)13(25)20-11-14(26)24-9(16(27)28)5-6-30-15(11)24/h1-5,11,15H,6H2,(H,20,25)(H,27,28)(H2,19,21,23)/b22-10-/t11?,15-/m1/s1. The summed E-state index contributed by atoms with van der Waals surface area (Å²) in [4.78, 5) is 46.8. The minimum atomic E-state index is -1.22. The van der Waals surface area contributed by atoms with Crippen LogP contribution < -0.4 is 15.9 Å². The van der Waals surface area contributed by atoms with Gasteiger partial charge in [0.25, 0.3) is 11.8 Å². The van der Waals surface area contributed by atoms with Crippen LogP contribution in [0.3, 0.4) is 0 Å². The number of nitrogens with one attached hydrogen (secondary N) is 1. The number of benzene rings is 1. The summed E-state index contributed by atoms with van der Waals surface area (Å²) in [7, 11) is 0. The van der Waals surface area contributed by atoms with Gasteiger partial charge in [0, 0.05) is 17.3 Å². The largest absolute Gasteiger partial charge is 0.477 e. The van der Waals surface area contributed by atoms with Gasteiger partial charge in [-0.3, -0.25) is 14.5 Å². The lowest BCUT2D eigenvalue weighted by Gasteiger charge is -2.48. The maximum absolute atomic E-state index is 13.1. The van der Waals surface area contributed by atoms with Crippen LogP contribution in [0.4, 0.5) is 9.52 Å². The van der Waals surface area contributed by atoms with Gasteiger partial charge in [0.2, 0.25) is 11.5 Å². The lowest BCUT2D eigenvalue weighted by molar-refractivity contribution is -0.150. The number of hydrogen-bond acceptors (Lipinski definition) is 10. The van der Waals surface area contributed by atoms with Crippen LogP contribution in [0.2, 0.25) is 0 Å². The number of β-lactam (4-membered cyclic amide) rings is 1. The summed E-state index contributed by atoms with van der Waals surface area (Å²) in [5, 5.41) is 15.0. The number of nitrogen functional groups attached to an aromatic ring is 1. The fraction of sp³-hybridized carbons (Fsp3) is 0.176. The van der Waals surface area contributed by atoms with Crippen molar-refractivity contribution in [1.29, 1.82) is 0 Å². The highest BCUT2D eigenvalue weighted by atomic mass is 32.2. The van der Waals surface area contributed by atoms with E-state index in [1.54, 1.807) is 0 Å². The maximum atomic E-state index is 13.1. The number of rotatable bonds is 6. The molecule has 2 amide bonds. The zero-order valence-electron chi connectivity index (χ0n) is 15.4. The van der Waals surface area contributed by atoms with Crippen molar-refractivity contribution in [1.82, 2.24) is 19.6 Å². The molecule has 0 spiro atoms. The van der Waals surface area contributed by atoms with E-state index < -0.39 is 35.0 Å². The zero-order chi connectivity index (χ0) is 22.1. The van der Waals surface area contributed by atoms with E-state index in [0.717, 1.165) is 28.6 Å². The molecule has 1 fully saturated rings. The number of aliphatic carboxylic acids is 1. The van der Waals surface area contributed by atoms with E-state index in [1.165, 1.54) is 30.0 Å². The smallest absolute Gasteiger partial charge is 0.352 e. The zero-order valence-corrected chi connectivity index (χ0v) is 17.0. The molecule has 11 nitrogen and oxygen atoms in total. The molecule has 4 rings (SSSR count). The third kappa shape index (κ3) is 4.06. The highest BCUT2D eigenvalue weighted by Gasteiger charge is 2.53. The number of aromatic nitrogens is 2. The minimum Gasteiger partial charge on any atom is -0.477 e. The van der Waals surface area contributed by atoms with Gasteiger partial charge >= 0.3 is 5.97 Å². The van der Waals surface area contributed by atoms with E-state index in [4.69, 9.17) is 10.6 Å². The minimum absolute atomic E-state index is 0.0854. The molecule has 1 saturated heterocycles. The molecule has 1 aromatic heterocycles. The van der Waals surface area contributed by atoms with Gasteiger partial charge in [-0.2, -0.15) is 9.36 Å². The van der Waals surface area contributed by atoms with Gasteiger partial charge in [-0.05, 0) is 30.3 Å². The van der Waals surface area contributed by atoms with Crippen molar-refractivity contribution in [2.24, 2.45) is 5.16 Å². The molecule has 1 unspecified atom stereocenters. The number of hydrogen-bond donors (Lipinski definition) is 3. The van der Waals surface area contributed by atoms with E-state index in [1.807, 2.05) is 0 Å². The summed E-state index contributed by atoms with van der Waals surface area (Å²) in [5.41, 5.74) is 5.11. The first kappa shape index (κ1) is 20.7. The van der Waals surface area contributed by atoms with Crippen LogP contribution in [0.1, 0.15) is 5.82 Å². The number of oxime groups is 1. The molecular weight excluding hydrogens is 451 g/mol. The van der Waals surface area contributed by atoms with Crippen LogP contribution in [-0.2, 0) is 14.4 Å². The van der Waals surface area contributed by atoms with Crippen LogP contribution in [-0.4, -0.2) is 60.0 Å². The quantitative estimate of drug-likeness (QED) is 0.312. The number of nitrogens with two attached hydrogens (primary N) is 1. The number of halogens is 1. The predicted octanol–water partition coefficient (Wildman–Crippen LogP) is 0.411. The molecule has 14 heteroatoms. The molecule has 2 aromatic rings. The molecule has 160 valence electrons. The normalized spacial score (nSPS) is 20.4. The Morgan fingerprint density at radius 1 is 1.35 bits per heavy atom. The maximum Gasteiger partial charge on any atom is 0.352 e. The number of fused-ring (bicyclic) bond motifs is 1. The number of amides is 2. The van der Waals surface area contributed by atoms with Crippen LogP contribution in [0.25, 0.3) is 0 Å². The fourth-order valence-electron chi connectivity index (χ4n) is 2.86. The molecule has 0 bridgehead atoms. The van der Waals surface area contributed by atoms with E-state index in [2.05, 4.69) is 19.8 Å². The molecule has 2 aliphatic rings. The topological polar surface area (TPSA) is 160 Å². The average Bonchev–Trinajstić information content (AvgIpc) is 3.18. The first-order valence-electron chi connectivity index (χ1n) is 8.64. The van der Waals surface area contributed by atoms with E-state index >= 15 is 0 Å². The molecule has 0 saturated carbocycles. The van der Waals surface area contributed by atoms with Crippen molar-refractivity contribution in [2.75, 3.05) is 11.5 Å². The third-order valence-electron chi connectivity index (χ3n) is 4.28. The number of anilines is 1. The van der Waals surface area contributed by atoms with Gasteiger partial charge in [0.15, 0.2) is 10.9 Å². The molecule has 1 aromatic carbocycles. The van der Waals surface area contributed by atoms with Gasteiger partial charge in [-0.15, -0.1) is 11.8 Å². The van der Waals surface area contributed by atoms with Gasteiger partial charge in [0.05, 0.1) is 0 Å². The Hall–Kier alpha value is -3.52. The van der Waals surface area contributed by atoms with Gasteiger partial charge in [-0.25, -0.2) is 9.18 Å². The van der Waals surface area contributed by atoms with Crippen molar-refractivity contribution in [3.63, 3.8) is 0 Å². The Morgan fingerprint density at radius 2 is 2.10 bits per heavy atom. The van der Waals surface area contributed by atoms with Crippen molar-refractivity contribution in [2.45, 2.75) is 11.4 Å². The van der Waals surface area contributed by atoms with Gasteiger partial charge in [-0.1, -0.05) is 5.16 Å². The molecule has 3 heterocycles. The number of carboxylic acids is 1. The van der Waals surface area contributed by atoms with Gasteiger partial charge in [0.1, 0.15) is 22.9 Å². The lowest BCUT2D eigenvalue weighted by atomic mass is 10.0. The summed E-state index contributed by atoms with van der Waals surface area (Å²) in [5.74, 6) is -2.67. The Balaban J connectivity index is 1.54. The summed E-state index contributed by atoms with van der Waals surface area (Å²) < 4.78 is 17.0. The number of carbonyl (C=O) groups excluding carboxylic acids is 2. The lowest BCUT2D eigenvalue weighted by Crippen LogP contribution is -2.70. The average molecular weight is 464 g/mol. The van der Waals surface area contributed by atoms with E-state index in [0.29, 0.717) is 5.75 Å². The van der Waals surface area contributed by atoms with Crippen LogP contribution in [0.5, 0.6) is 5.75 Å². The number of carboxylic acid groups (broad SMARTS) is 1. The number of thioether (sulfide) groups is 1. The molecule has 0 aliphatic carbocycles. The second-order valence-corrected chi connectivity index (χ2v) is 8.15. The van der Waals surface area contributed by atoms with E-state index in [-0.39, 0.29) is 28.1 Å². The Bertz CT molecular complexity index is 1120. The third-order valence-corrected chi connectivity index (χ3v) is 6.00. The highest BCUT2D eigenvalue weighted by Crippen LogP contribution is 2.37. The Morgan fingerprint density at radius 3 is 2.74 bits per heavy atom. The molecular formula is C17H13FN6O5S2. The van der Waals surface area contributed by atoms with Gasteiger partial charge < -0.3 is 21.0 Å². The van der Waals surface area contributed by atoms with Crippen molar-refractivity contribution >= 4 is 51.9 Å². The monoisotopic (exact) mass is 464 g/mol. The molecule has 4 N–H and O–H groups in total. The first-order chi connectivity index (χ1) is 14.8. The van der Waals surface area contributed by atoms with Crippen molar-refractivity contribution in [3.05, 3.63) is 47.7 Å². The Labute approximate surface area is 181 Å². The molecule has 0 radical (unpaired) electrons. The molecule has 31 heavy (non-hydrogen) atoms. The fourth-order valence-corrected chi connectivity index (χ4v) is 4.49. The highest BCUT2D eigenvalue weighted by molar-refractivity contribution is 8.00. The van der Waals surface area contributed by atoms with Crippen LogP contribution in [0.15, 0.2) is 41.2 Å². The summed E-state index contributed by atoms with van der Waals surface area (Å²) in [6.45, 7) is 0. The second kappa shape index (κ2) is 8.31. The van der Waals surface area contributed by atoms with Crippen molar-refractivity contribution < 1.29 is 28.7 Å². The van der Waals surface area contributed by atoms with Crippen LogP contribution in [0, 0.1) is 5.82 Å². The number of carbonyl (C=O) groups is 3. The van der Waals surface area contributed by atoms with E-state index in [9.17, 15) is 23.9 Å². The first-order valence-corrected chi connectivity index (χ1v) is 10.5.